The molecule has 0 aromatic carbocycles. The quantitative estimate of drug-likeness (QED) is 0.580. The largest absolute Gasteiger partial charge is 0.377 e. The lowest BCUT2D eigenvalue weighted by molar-refractivity contribution is 0.0268. The van der Waals surface area contributed by atoms with E-state index >= 15 is 0 Å². The lowest BCUT2D eigenvalue weighted by Crippen LogP contribution is -2.46. The molecule has 0 amide bonds. The maximum absolute atomic E-state index is 5.37. The first-order valence-corrected chi connectivity index (χ1v) is 6.94. The van der Waals surface area contributed by atoms with Crippen LogP contribution in [0.5, 0.6) is 0 Å². The molecule has 2 N–H and O–H groups in total. The molecule has 6 heteroatoms. The fourth-order valence-corrected chi connectivity index (χ4v) is 1.65. The Hall–Kier alpha value is -1.56. The van der Waals surface area contributed by atoms with Crippen molar-refractivity contribution in [2.75, 3.05) is 27.2 Å². The Morgan fingerprint density at radius 1 is 1.45 bits per heavy atom. The number of rotatable bonds is 7. The zero-order valence-corrected chi connectivity index (χ0v) is 13.2. The van der Waals surface area contributed by atoms with E-state index in [4.69, 9.17) is 4.74 Å². The van der Waals surface area contributed by atoms with Gasteiger partial charge in [0.1, 0.15) is 0 Å². The van der Waals surface area contributed by atoms with Crippen LogP contribution >= 0.6 is 0 Å². The van der Waals surface area contributed by atoms with Crippen molar-refractivity contribution in [3.63, 3.8) is 0 Å². The van der Waals surface area contributed by atoms with Crippen LogP contribution in [0.25, 0.3) is 0 Å². The molecule has 0 radical (unpaired) electrons. The zero-order chi connectivity index (χ0) is 15.0. The van der Waals surface area contributed by atoms with Crippen LogP contribution < -0.4 is 10.6 Å². The molecular weight excluding hydrogens is 254 g/mol. The van der Waals surface area contributed by atoms with Crippen LogP contribution in [0.1, 0.15) is 20.8 Å². The second-order valence-electron chi connectivity index (χ2n) is 5.60. The van der Waals surface area contributed by atoms with Gasteiger partial charge in [0.15, 0.2) is 5.96 Å². The number of guanidine groups is 1. The zero-order valence-electron chi connectivity index (χ0n) is 13.2. The van der Waals surface area contributed by atoms with E-state index in [9.17, 15) is 0 Å². The van der Waals surface area contributed by atoms with Crippen LogP contribution in [0.4, 0.5) is 0 Å². The van der Waals surface area contributed by atoms with Crippen molar-refractivity contribution < 1.29 is 4.74 Å². The summed E-state index contributed by atoms with van der Waals surface area (Å²) in [6, 6.07) is 1.94. The molecule has 114 valence electrons. The summed E-state index contributed by atoms with van der Waals surface area (Å²) in [7, 11) is 3.48. The van der Waals surface area contributed by atoms with Gasteiger partial charge in [-0.2, -0.15) is 5.10 Å². The molecule has 1 heterocycles. The Kier molecular flexibility index (Phi) is 6.51. The molecule has 0 saturated heterocycles. The lowest BCUT2D eigenvalue weighted by Gasteiger charge is -2.25. The molecule has 0 aliphatic heterocycles. The topological polar surface area (TPSA) is 63.5 Å². The Balaban J connectivity index is 2.31. The second-order valence-corrected chi connectivity index (χ2v) is 5.60. The van der Waals surface area contributed by atoms with E-state index in [-0.39, 0.29) is 5.60 Å². The van der Waals surface area contributed by atoms with E-state index in [1.807, 2.05) is 30.8 Å². The molecular formula is C14H27N5O. The number of hydrogen-bond donors (Lipinski definition) is 2. The van der Waals surface area contributed by atoms with Crippen molar-refractivity contribution in [2.45, 2.75) is 32.9 Å². The van der Waals surface area contributed by atoms with E-state index in [2.05, 4.69) is 27.6 Å². The summed E-state index contributed by atoms with van der Waals surface area (Å²) in [4.78, 5) is 4.21. The third kappa shape index (κ3) is 6.06. The molecule has 0 aliphatic carbocycles. The highest BCUT2D eigenvalue weighted by molar-refractivity contribution is 5.79. The van der Waals surface area contributed by atoms with Gasteiger partial charge in [0.2, 0.25) is 0 Å². The first-order valence-electron chi connectivity index (χ1n) is 6.94. The third-order valence-electron chi connectivity index (χ3n) is 3.13. The minimum absolute atomic E-state index is 0.210. The van der Waals surface area contributed by atoms with Crippen molar-refractivity contribution >= 4 is 5.96 Å². The molecule has 1 unspecified atom stereocenters. The van der Waals surface area contributed by atoms with Gasteiger partial charge in [-0.05, 0) is 25.8 Å². The normalized spacial score (nSPS) is 14.2. The summed E-state index contributed by atoms with van der Waals surface area (Å²) in [5, 5.41) is 10.8. The molecule has 0 aliphatic rings. The average Bonchev–Trinajstić information content (AvgIpc) is 2.91. The average molecular weight is 281 g/mol. The van der Waals surface area contributed by atoms with Gasteiger partial charge in [0, 0.05) is 46.2 Å². The van der Waals surface area contributed by atoms with Gasteiger partial charge in [0.25, 0.3) is 0 Å². The van der Waals surface area contributed by atoms with E-state index in [0.29, 0.717) is 12.5 Å². The molecule has 0 bridgehead atoms. The Bertz CT molecular complexity index is 400. The minimum Gasteiger partial charge on any atom is -0.377 e. The number of ether oxygens (including phenoxy) is 1. The molecule has 0 spiro atoms. The predicted molar refractivity (Wildman–Crippen MR) is 81.8 cm³/mol. The van der Waals surface area contributed by atoms with Crippen molar-refractivity contribution in [1.29, 1.82) is 0 Å². The molecule has 20 heavy (non-hydrogen) atoms. The monoisotopic (exact) mass is 281 g/mol. The first kappa shape index (κ1) is 16.5. The van der Waals surface area contributed by atoms with Crippen molar-refractivity contribution in [3.05, 3.63) is 18.5 Å². The van der Waals surface area contributed by atoms with Crippen LogP contribution in [-0.2, 0) is 11.3 Å². The highest BCUT2D eigenvalue weighted by Crippen LogP contribution is 2.04. The lowest BCUT2D eigenvalue weighted by atomic mass is 10.1. The second kappa shape index (κ2) is 7.89. The Morgan fingerprint density at radius 3 is 2.75 bits per heavy atom. The fraction of sp³-hybridized carbons (Fsp3) is 0.714. The van der Waals surface area contributed by atoms with Gasteiger partial charge in [-0.25, -0.2) is 0 Å². The SMILES string of the molecule is CN=C(NCC(C)Cn1cccn1)NCC(C)(C)OC. The minimum atomic E-state index is -0.210. The van der Waals surface area contributed by atoms with Gasteiger partial charge in [-0.1, -0.05) is 6.92 Å². The van der Waals surface area contributed by atoms with Gasteiger partial charge < -0.3 is 15.4 Å². The number of aromatic nitrogens is 2. The third-order valence-corrected chi connectivity index (χ3v) is 3.13. The maximum atomic E-state index is 5.37. The van der Waals surface area contributed by atoms with Crippen molar-refractivity contribution in [2.24, 2.45) is 10.9 Å². The summed E-state index contributed by atoms with van der Waals surface area (Å²) in [6.45, 7) is 8.69. The van der Waals surface area contributed by atoms with Crippen molar-refractivity contribution in [1.82, 2.24) is 20.4 Å². The fourth-order valence-electron chi connectivity index (χ4n) is 1.65. The van der Waals surface area contributed by atoms with Gasteiger partial charge in [-0.15, -0.1) is 0 Å². The highest BCUT2D eigenvalue weighted by atomic mass is 16.5. The molecule has 1 atom stereocenters. The number of aliphatic imine (C=N–C) groups is 1. The number of nitrogens with zero attached hydrogens (tertiary/aromatic N) is 3. The summed E-state index contributed by atoms with van der Waals surface area (Å²) >= 11 is 0. The molecule has 0 fully saturated rings. The van der Waals surface area contributed by atoms with E-state index in [1.54, 1.807) is 20.4 Å². The Labute approximate surface area is 121 Å². The number of hydrogen-bond acceptors (Lipinski definition) is 3. The van der Waals surface area contributed by atoms with E-state index < -0.39 is 0 Å². The number of methoxy groups -OCH3 is 1. The summed E-state index contributed by atoms with van der Waals surface area (Å²) in [5.74, 6) is 1.26. The molecule has 1 aromatic rings. The maximum Gasteiger partial charge on any atom is 0.191 e. The first-order chi connectivity index (χ1) is 9.46. The van der Waals surface area contributed by atoms with Crippen molar-refractivity contribution in [3.8, 4) is 0 Å². The summed E-state index contributed by atoms with van der Waals surface area (Å²) in [6.07, 6.45) is 3.78. The standard InChI is InChI=1S/C14H27N5O/c1-12(10-19-8-6-7-18-19)9-16-13(15-4)17-11-14(2,3)20-5/h6-8,12H,9-11H2,1-5H3,(H2,15,16,17). The molecule has 1 aromatic heterocycles. The van der Waals surface area contributed by atoms with E-state index in [0.717, 1.165) is 19.0 Å². The smallest absolute Gasteiger partial charge is 0.191 e. The van der Waals surface area contributed by atoms with Crippen LogP contribution in [0.3, 0.4) is 0 Å². The van der Waals surface area contributed by atoms with Gasteiger partial charge >= 0.3 is 0 Å². The highest BCUT2D eigenvalue weighted by Gasteiger charge is 2.16. The summed E-state index contributed by atoms with van der Waals surface area (Å²) in [5.41, 5.74) is -0.210. The van der Waals surface area contributed by atoms with Gasteiger partial charge in [0.05, 0.1) is 5.60 Å². The predicted octanol–water partition coefficient (Wildman–Crippen LogP) is 1.11. The van der Waals surface area contributed by atoms with Crippen LogP contribution in [-0.4, -0.2) is 48.6 Å². The van der Waals surface area contributed by atoms with Gasteiger partial charge in [-0.3, -0.25) is 9.67 Å². The van der Waals surface area contributed by atoms with Crippen LogP contribution in [0, 0.1) is 5.92 Å². The molecule has 6 nitrogen and oxygen atoms in total. The van der Waals surface area contributed by atoms with E-state index in [1.165, 1.54) is 0 Å². The van der Waals surface area contributed by atoms with Crippen LogP contribution in [0.15, 0.2) is 23.5 Å². The number of nitrogens with one attached hydrogen (secondary N) is 2. The van der Waals surface area contributed by atoms with Crippen LogP contribution in [0.2, 0.25) is 0 Å². The molecule has 0 saturated carbocycles. The molecule has 1 rings (SSSR count). The summed E-state index contributed by atoms with van der Waals surface area (Å²) < 4.78 is 7.31. The Morgan fingerprint density at radius 2 is 2.20 bits per heavy atom.